The molecule has 1 aliphatic rings. The molecule has 0 fully saturated rings. The minimum absolute atomic E-state index is 0.0688. The number of rotatable bonds is 9. The quantitative estimate of drug-likeness (QED) is 0.409. The zero-order valence-corrected chi connectivity index (χ0v) is 12.7. The molecule has 0 saturated heterocycles. The van der Waals surface area contributed by atoms with Gasteiger partial charge in [0.1, 0.15) is 12.7 Å². The van der Waals surface area contributed by atoms with Crippen molar-refractivity contribution in [1.82, 2.24) is 0 Å². The Morgan fingerprint density at radius 2 is 2.05 bits per heavy atom. The standard InChI is InChI=1S/C14H24O7/c1-4-5-6-19-11-10(9(16)7-15)21-13(17)12(11)20-8-14(2,3)18/h9-10,15-16,18H,4-8H2,1-3H3/t9-,10+/m0/s1. The Balaban J connectivity index is 2.89. The van der Waals surface area contributed by atoms with Crippen LogP contribution in [0.5, 0.6) is 0 Å². The predicted octanol–water partition coefficient (Wildman–Crippen LogP) is 0.0808. The van der Waals surface area contributed by atoms with E-state index in [0.717, 1.165) is 12.8 Å². The van der Waals surface area contributed by atoms with Gasteiger partial charge in [-0.05, 0) is 20.3 Å². The van der Waals surface area contributed by atoms with Crippen LogP contribution in [-0.2, 0) is 19.0 Å². The molecule has 0 saturated carbocycles. The monoisotopic (exact) mass is 304 g/mol. The summed E-state index contributed by atoms with van der Waals surface area (Å²) in [7, 11) is 0. The summed E-state index contributed by atoms with van der Waals surface area (Å²) in [5, 5.41) is 28.4. The largest absolute Gasteiger partial charge is 0.490 e. The summed E-state index contributed by atoms with van der Waals surface area (Å²) in [5.74, 6) is -0.867. The molecule has 3 N–H and O–H groups in total. The number of carbonyl (C=O) groups excluding carboxylic acids is 1. The minimum atomic E-state index is -1.28. The highest BCUT2D eigenvalue weighted by Crippen LogP contribution is 2.28. The second-order valence-electron chi connectivity index (χ2n) is 5.57. The van der Waals surface area contributed by atoms with Crippen LogP contribution in [0.3, 0.4) is 0 Å². The highest BCUT2D eigenvalue weighted by Gasteiger charge is 2.42. The van der Waals surface area contributed by atoms with E-state index < -0.39 is 30.4 Å². The lowest BCUT2D eigenvalue weighted by molar-refractivity contribution is -0.149. The fourth-order valence-corrected chi connectivity index (χ4v) is 1.65. The smallest absolute Gasteiger partial charge is 0.378 e. The molecule has 7 heteroatoms. The van der Waals surface area contributed by atoms with Gasteiger partial charge in [-0.3, -0.25) is 0 Å². The Kier molecular flexibility index (Phi) is 6.44. The molecule has 2 atom stereocenters. The van der Waals surface area contributed by atoms with E-state index in [1.165, 1.54) is 13.8 Å². The molecule has 0 aromatic heterocycles. The van der Waals surface area contributed by atoms with E-state index in [0.29, 0.717) is 6.61 Å². The topological polar surface area (TPSA) is 105 Å². The molecular formula is C14H24O7. The van der Waals surface area contributed by atoms with Gasteiger partial charge >= 0.3 is 5.97 Å². The van der Waals surface area contributed by atoms with Gasteiger partial charge in [-0.25, -0.2) is 4.79 Å². The molecule has 0 radical (unpaired) electrons. The van der Waals surface area contributed by atoms with Crippen molar-refractivity contribution in [3.05, 3.63) is 11.5 Å². The molecule has 122 valence electrons. The fraction of sp³-hybridized carbons (Fsp3) is 0.786. The van der Waals surface area contributed by atoms with Crippen molar-refractivity contribution < 1.29 is 34.3 Å². The van der Waals surface area contributed by atoms with Crippen LogP contribution in [0.15, 0.2) is 11.5 Å². The SMILES string of the molecule is CCCCOC1=C(OCC(C)(C)O)C(=O)O[C@@H]1[C@@H](O)CO. The van der Waals surface area contributed by atoms with E-state index in [-0.39, 0.29) is 18.1 Å². The van der Waals surface area contributed by atoms with Crippen molar-refractivity contribution in [2.45, 2.75) is 51.4 Å². The number of ether oxygens (including phenoxy) is 3. The van der Waals surface area contributed by atoms with Crippen molar-refractivity contribution in [3.8, 4) is 0 Å². The average molecular weight is 304 g/mol. The van der Waals surface area contributed by atoms with Crippen LogP contribution in [0.2, 0.25) is 0 Å². The van der Waals surface area contributed by atoms with Crippen LogP contribution in [0.1, 0.15) is 33.6 Å². The average Bonchev–Trinajstić information content (AvgIpc) is 2.71. The molecule has 1 heterocycles. The summed E-state index contributed by atoms with van der Waals surface area (Å²) in [6.45, 7) is 4.70. The lowest BCUT2D eigenvalue weighted by atomic mass is 10.1. The maximum absolute atomic E-state index is 11.8. The second-order valence-corrected chi connectivity index (χ2v) is 5.57. The van der Waals surface area contributed by atoms with Gasteiger partial charge in [0, 0.05) is 0 Å². The molecular weight excluding hydrogens is 280 g/mol. The van der Waals surface area contributed by atoms with E-state index in [1.54, 1.807) is 0 Å². The Labute approximate surface area is 124 Å². The first-order valence-corrected chi connectivity index (χ1v) is 7.02. The molecule has 0 aromatic rings. The van der Waals surface area contributed by atoms with Crippen molar-refractivity contribution in [2.75, 3.05) is 19.8 Å². The van der Waals surface area contributed by atoms with Crippen LogP contribution >= 0.6 is 0 Å². The predicted molar refractivity (Wildman–Crippen MR) is 73.1 cm³/mol. The molecule has 21 heavy (non-hydrogen) atoms. The van der Waals surface area contributed by atoms with Gasteiger partial charge in [-0.2, -0.15) is 0 Å². The number of unbranched alkanes of at least 4 members (excludes halogenated alkanes) is 1. The molecule has 0 bridgehead atoms. The van der Waals surface area contributed by atoms with Gasteiger partial charge in [-0.1, -0.05) is 13.3 Å². The van der Waals surface area contributed by atoms with Crippen molar-refractivity contribution in [2.24, 2.45) is 0 Å². The number of aliphatic hydroxyl groups is 3. The van der Waals surface area contributed by atoms with Crippen molar-refractivity contribution >= 4 is 5.97 Å². The van der Waals surface area contributed by atoms with Crippen molar-refractivity contribution in [1.29, 1.82) is 0 Å². The van der Waals surface area contributed by atoms with Gasteiger partial charge < -0.3 is 29.5 Å². The summed E-state index contributed by atoms with van der Waals surface area (Å²) >= 11 is 0. The molecule has 0 spiro atoms. The highest BCUT2D eigenvalue weighted by molar-refractivity contribution is 5.89. The summed E-state index contributed by atoms with van der Waals surface area (Å²) in [6, 6.07) is 0. The third kappa shape index (κ3) is 5.18. The maximum atomic E-state index is 11.8. The second kappa shape index (κ2) is 7.63. The first kappa shape index (κ1) is 17.7. The van der Waals surface area contributed by atoms with E-state index in [1.807, 2.05) is 6.92 Å². The molecule has 1 rings (SSSR count). The molecule has 0 amide bonds. The number of hydrogen-bond donors (Lipinski definition) is 3. The van der Waals surface area contributed by atoms with Crippen LogP contribution in [0.4, 0.5) is 0 Å². The zero-order valence-electron chi connectivity index (χ0n) is 12.7. The van der Waals surface area contributed by atoms with Gasteiger partial charge in [0.05, 0.1) is 18.8 Å². The van der Waals surface area contributed by atoms with Gasteiger partial charge in [0.2, 0.25) is 5.76 Å². The normalized spacial score (nSPS) is 20.5. The molecule has 0 aromatic carbocycles. The molecule has 0 unspecified atom stereocenters. The van der Waals surface area contributed by atoms with E-state index in [4.69, 9.17) is 19.3 Å². The lowest BCUT2D eigenvalue weighted by Gasteiger charge is -2.19. The Morgan fingerprint density at radius 3 is 2.57 bits per heavy atom. The highest BCUT2D eigenvalue weighted by atomic mass is 16.6. The van der Waals surface area contributed by atoms with Gasteiger partial charge in [0.15, 0.2) is 11.9 Å². The van der Waals surface area contributed by atoms with E-state index >= 15 is 0 Å². The number of cyclic esters (lactones) is 1. The summed E-state index contributed by atoms with van der Waals surface area (Å²) in [6.07, 6.45) is -0.710. The summed E-state index contributed by atoms with van der Waals surface area (Å²) < 4.78 is 15.7. The van der Waals surface area contributed by atoms with Gasteiger partial charge in [-0.15, -0.1) is 0 Å². The van der Waals surface area contributed by atoms with Crippen LogP contribution < -0.4 is 0 Å². The third-order valence-corrected chi connectivity index (χ3v) is 2.76. The maximum Gasteiger partial charge on any atom is 0.378 e. The first-order valence-electron chi connectivity index (χ1n) is 7.02. The Morgan fingerprint density at radius 1 is 1.38 bits per heavy atom. The Hall–Kier alpha value is -1.31. The number of aliphatic hydroxyl groups excluding tert-OH is 2. The van der Waals surface area contributed by atoms with Crippen LogP contribution in [0, 0.1) is 0 Å². The van der Waals surface area contributed by atoms with E-state index in [9.17, 15) is 15.0 Å². The van der Waals surface area contributed by atoms with Crippen LogP contribution in [-0.4, -0.2) is 58.9 Å². The molecule has 1 aliphatic heterocycles. The summed E-state index contributed by atoms with van der Waals surface area (Å²) in [4.78, 5) is 11.8. The van der Waals surface area contributed by atoms with Crippen LogP contribution in [0.25, 0.3) is 0 Å². The number of esters is 1. The minimum Gasteiger partial charge on any atom is -0.490 e. The Bertz CT molecular complexity index is 383. The fourth-order valence-electron chi connectivity index (χ4n) is 1.65. The first-order chi connectivity index (χ1) is 9.80. The molecule has 0 aliphatic carbocycles. The van der Waals surface area contributed by atoms with Crippen molar-refractivity contribution in [3.63, 3.8) is 0 Å². The zero-order chi connectivity index (χ0) is 16.0. The summed E-state index contributed by atoms with van der Waals surface area (Å²) in [5.41, 5.74) is -1.13. The number of hydrogen-bond acceptors (Lipinski definition) is 7. The lowest BCUT2D eigenvalue weighted by Crippen LogP contribution is -2.32. The van der Waals surface area contributed by atoms with Gasteiger partial charge in [0.25, 0.3) is 0 Å². The molecule has 7 nitrogen and oxygen atoms in total. The number of carbonyl (C=O) groups is 1. The third-order valence-electron chi connectivity index (χ3n) is 2.76. The van der Waals surface area contributed by atoms with E-state index in [2.05, 4.69) is 0 Å².